The molecule has 1 saturated carbocycles. The van der Waals surface area contributed by atoms with Crippen LogP contribution >= 0.6 is 0 Å². The average Bonchev–Trinajstić information content (AvgIpc) is 3.60. The lowest BCUT2D eigenvalue weighted by atomic mass is 9.98. The summed E-state index contributed by atoms with van der Waals surface area (Å²) in [5.41, 5.74) is 4.48. The highest BCUT2D eigenvalue weighted by atomic mass is 16.5. The van der Waals surface area contributed by atoms with E-state index in [4.69, 9.17) is 4.74 Å². The van der Waals surface area contributed by atoms with Crippen LogP contribution in [0, 0.1) is 5.92 Å². The van der Waals surface area contributed by atoms with Gasteiger partial charge in [0.15, 0.2) is 0 Å². The molecule has 2 aromatic carbocycles. The number of nitrogens with one attached hydrogen (secondary N) is 2. The van der Waals surface area contributed by atoms with Crippen molar-refractivity contribution in [1.29, 1.82) is 0 Å². The second kappa shape index (κ2) is 10.9. The van der Waals surface area contributed by atoms with Crippen molar-refractivity contribution < 1.29 is 24.2 Å². The highest BCUT2D eigenvalue weighted by Crippen LogP contribution is 2.44. The molecule has 4 rings (SSSR count). The van der Waals surface area contributed by atoms with Crippen molar-refractivity contribution in [2.24, 2.45) is 5.92 Å². The smallest absolute Gasteiger partial charge is 0.407 e. The van der Waals surface area contributed by atoms with E-state index in [1.807, 2.05) is 55.4 Å². The molecule has 1 fully saturated rings. The molecule has 186 valence electrons. The molecule has 8 heteroatoms. The Bertz CT molecular complexity index is 1040. The van der Waals surface area contributed by atoms with E-state index >= 15 is 0 Å². The second-order valence-corrected chi connectivity index (χ2v) is 9.69. The summed E-state index contributed by atoms with van der Waals surface area (Å²) in [5, 5.41) is 14.8. The van der Waals surface area contributed by atoms with Crippen LogP contribution in [-0.2, 0) is 14.3 Å². The summed E-state index contributed by atoms with van der Waals surface area (Å²) in [6.07, 6.45) is 2.02. The van der Waals surface area contributed by atoms with Gasteiger partial charge in [0.1, 0.15) is 18.7 Å². The molecule has 2 aliphatic carbocycles. The number of hydrogen-bond acceptors (Lipinski definition) is 5. The molecule has 0 aliphatic heterocycles. The first-order chi connectivity index (χ1) is 16.8. The molecule has 35 heavy (non-hydrogen) atoms. The van der Waals surface area contributed by atoms with Crippen molar-refractivity contribution in [3.05, 3.63) is 59.7 Å². The quantitative estimate of drug-likeness (QED) is 0.457. The van der Waals surface area contributed by atoms with Crippen LogP contribution in [0.1, 0.15) is 42.7 Å². The zero-order valence-corrected chi connectivity index (χ0v) is 20.2. The molecule has 0 radical (unpaired) electrons. The first-order valence-corrected chi connectivity index (χ1v) is 12.1. The molecule has 2 amide bonds. The second-order valence-electron chi connectivity index (χ2n) is 9.69. The molecule has 8 nitrogen and oxygen atoms in total. The number of nitrogens with zero attached hydrogens (tertiary/aromatic N) is 1. The zero-order valence-electron chi connectivity index (χ0n) is 20.2. The van der Waals surface area contributed by atoms with E-state index in [2.05, 4.69) is 22.8 Å². The van der Waals surface area contributed by atoms with Crippen molar-refractivity contribution in [3.63, 3.8) is 0 Å². The van der Waals surface area contributed by atoms with E-state index < -0.39 is 30.1 Å². The van der Waals surface area contributed by atoms with Crippen molar-refractivity contribution >= 4 is 18.0 Å². The fourth-order valence-electron chi connectivity index (χ4n) is 4.62. The first-order valence-electron chi connectivity index (χ1n) is 12.1. The maximum atomic E-state index is 12.9. The monoisotopic (exact) mass is 479 g/mol. The fraction of sp³-hybridized carbons (Fsp3) is 0.444. The predicted octanol–water partition coefficient (Wildman–Crippen LogP) is 3.21. The first kappa shape index (κ1) is 24.7. The molecule has 2 aliphatic rings. The summed E-state index contributed by atoms with van der Waals surface area (Å²) in [5.74, 6) is -1.31. The third-order valence-electron chi connectivity index (χ3n) is 6.70. The van der Waals surface area contributed by atoms with Gasteiger partial charge in [0.25, 0.3) is 0 Å². The van der Waals surface area contributed by atoms with Gasteiger partial charge in [-0.1, -0.05) is 61.4 Å². The Labute approximate surface area is 205 Å². The number of fused-ring (bicyclic) bond motifs is 3. The molecule has 0 heterocycles. The summed E-state index contributed by atoms with van der Waals surface area (Å²) in [4.78, 5) is 39.2. The lowest BCUT2D eigenvalue weighted by Gasteiger charge is -2.23. The van der Waals surface area contributed by atoms with Gasteiger partial charge < -0.3 is 25.4 Å². The largest absolute Gasteiger partial charge is 0.480 e. The minimum Gasteiger partial charge on any atom is -0.480 e. The Kier molecular flexibility index (Phi) is 7.70. The fourth-order valence-corrected chi connectivity index (χ4v) is 4.62. The topological polar surface area (TPSA) is 108 Å². The van der Waals surface area contributed by atoms with Gasteiger partial charge in [0, 0.05) is 5.92 Å². The van der Waals surface area contributed by atoms with Crippen LogP contribution in [0.4, 0.5) is 4.79 Å². The Morgan fingerprint density at radius 2 is 1.57 bits per heavy atom. The molecular formula is C27H33N3O5. The van der Waals surface area contributed by atoms with Gasteiger partial charge >= 0.3 is 12.1 Å². The molecule has 2 atom stereocenters. The maximum absolute atomic E-state index is 12.9. The van der Waals surface area contributed by atoms with E-state index in [1.165, 1.54) is 0 Å². The number of benzene rings is 2. The Hall–Kier alpha value is -3.39. The summed E-state index contributed by atoms with van der Waals surface area (Å²) in [6, 6.07) is 14.3. The van der Waals surface area contributed by atoms with E-state index in [0.29, 0.717) is 25.3 Å². The maximum Gasteiger partial charge on any atom is 0.407 e. The van der Waals surface area contributed by atoms with E-state index in [9.17, 15) is 19.5 Å². The van der Waals surface area contributed by atoms with Crippen LogP contribution in [0.15, 0.2) is 48.5 Å². The third kappa shape index (κ3) is 6.19. The number of carboxylic acids is 1. The number of aliphatic carboxylic acids is 1. The van der Waals surface area contributed by atoms with E-state index in [1.54, 1.807) is 0 Å². The van der Waals surface area contributed by atoms with Gasteiger partial charge in [-0.15, -0.1) is 0 Å². The minimum absolute atomic E-state index is 0.0860. The van der Waals surface area contributed by atoms with Gasteiger partial charge in [-0.05, 0) is 61.7 Å². The van der Waals surface area contributed by atoms with Gasteiger partial charge in [-0.2, -0.15) is 0 Å². The molecule has 1 unspecified atom stereocenters. The number of ether oxygens (including phenoxy) is 1. The van der Waals surface area contributed by atoms with Crippen LogP contribution in [0.2, 0.25) is 0 Å². The lowest BCUT2D eigenvalue weighted by Crippen LogP contribution is -2.52. The highest BCUT2D eigenvalue weighted by molar-refractivity contribution is 5.89. The highest BCUT2D eigenvalue weighted by Gasteiger charge is 2.33. The van der Waals surface area contributed by atoms with Crippen molar-refractivity contribution in [2.75, 3.05) is 27.2 Å². The van der Waals surface area contributed by atoms with Crippen molar-refractivity contribution in [1.82, 2.24) is 15.5 Å². The third-order valence-corrected chi connectivity index (χ3v) is 6.70. The Morgan fingerprint density at radius 1 is 0.971 bits per heavy atom. The van der Waals surface area contributed by atoms with E-state index in [-0.39, 0.29) is 12.5 Å². The Balaban J connectivity index is 1.39. The van der Waals surface area contributed by atoms with Crippen LogP contribution in [0.25, 0.3) is 11.1 Å². The number of hydrogen-bond donors (Lipinski definition) is 3. The number of carbonyl (C=O) groups is 3. The predicted molar refractivity (Wildman–Crippen MR) is 132 cm³/mol. The number of amides is 2. The summed E-state index contributed by atoms with van der Waals surface area (Å²) in [6.45, 7) is 0.684. The molecule has 0 aromatic heterocycles. The van der Waals surface area contributed by atoms with Crippen LogP contribution in [-0.4, -0.2) is 67.3 Å². The molecule has 0 spiro atoms. The van der Waals surface area contributed by atoms with Crippen molar-refractivity contribution in [2.45, 2.75) is 43.7 Å². The van der Waals surface area contributed by atoms with Gasteiger partial charge in [0.2, 0.25) is 5.91 Å². The summed E-state index contributed by atoms with van der Waals surface area (Å²) >= 11 is 0. The summed E-state index contributed by atoms with van der Waals surface area (Å²) in [7, 11) is 3.74. The van der Waals surface area contributed by atoms with Crippen LogP contribution in [0.3, 0.4) is 0 Å². The van der Waals surface area contributed by atoms with Crippen LogP contribution < -0.4 is 10.6 Å². The van der Waals surface area contributed by atoms with Gasteiger partial charge in [-0.25, -0.2) is 9.59 Å². The molecule has 3 N–H and O–H groups in total. The zero-order chi connectivity index (χ0) is 24.9. The number of carbonyl (C=O) groups excluding carboxylic acids is 2. The molecule has 2 aromatic rings. The normalized spacial score (nSPS) is 16.2. The standard InChI is InChI=1S/C27H33N3O5/c1-30(2)14-13-23(25(31)28-24(26(32)33)15-17-11-12-17)29-27(34)35-16-22-20-9-5-3-7-18(20)19-8-4-6-10-21(19)22/h3-10,17,22-24H,11-16H2,1-2H3,(H,28,31)(H,29,34)(H,32,33)/t23?,24-/m0/s1. The molecular weight excluding hydrogens is 446 g/mol. The molecule has 0 bridgehead atoms. The number of carboxylic acid groups (broad SMARTS) is 1. The lowest BCUT2D eigenvalue weighted by molar-refractivity contribution is -0.142. The summed E-state index contributed by atoms with van der Waals surface area (Å²) < 4.78 is 5.59. The minimum atomic E-state index is -1.06. The SMILES string of the molecule is CN(C)CCC(NC(=O)OCC1c2ccccc2-c2ccccc21)C(=O)N[C@@H](CC1CC1)C(=O)O. The van der Waals surface area contributed by atoms with E-state index in [0.717, 1.165) is 35.1 Å². The molecule has 0 saturated heterocycles. The Morgan fingerprint density at radius 3 is 2.11 bits per heavy atom. The number of alkyl carbamates (subject to hydrolysis) is 1. The average molecular weight is 480 g/mol. The number of rotatable bonds is 11. The van der Waals surface area contributed by atoms with Gasteiger partial charge in [0.05, 0.1) is 0 Å². The van der Waals surface area contributed by atoms with Crippen molar-refractivity contribution in [3.8, 4) is 11.1 Å². The van der Waals surface area contributed by atoms with Crippen LogP contribution in [0.5, 0.6) is 0 Å². The van der Waals surface area contributed by atoms with Gasteiger partial charge in [-0.3, -0.25) is 4.79 Å².